The summed E-state index contributed by atoms with van der Waals surface area (Å²) >= 11 is 8.99. The molecule has 68 valence electrons. The number of halogens is 2. The van der Waals surface area contributed by atoms with E-state index in [-0.39, 0.29) is 0 Å². The SMILES string of the molecule is Nc1ccc(C#CCCBr)nc1Cl. The summed E-state index contributed by atoms with van der Waals surface area (Å²) in [5, 5.41) is 1.17. The van der Waals surface area contributed by atoms with E-state index in [1.165, 1.54) is 0 Å². The maximum absolute atomic E-state index is 5.71. The molecule has 1 aromatic rings. The van der Waals surface area contributed by atoms with Crippen LogP contribution in [0.5, 0.6) is 0 Å². The van der Waals surface area contributed by atoms with E-state index in [1.807, 2.05) is 0 Å². The summed E-state index contributed by atoms with van der Waals surface area (Å²) in [7, 11) is 0. The Hall–Kier alpha value is -0.720. The molecule has 0 amide bonds. The average Bonchev–Trinajstić information content (AvgIpc) is 2.12. The topological polar surface area (TPSA) is 38.9 Å². The van der Waals surface area contributed by atoms with Gasteiger partial charge in [-0.1, -0.05) is 33.5 Å². The number of nitrogen functional groups attached to an aromatic ring is 1. The van der Waals surface area contributed by atoms with E-state index >= 15 is 0 Å². The van der Waals surface area contributed by atoms with Crippen LogP contribution in [0.4, 0.5) is 5.69 Å². The van der Waals surface area contributed by atoms with Crippen LogP contribution in [0.25, 0.3) is 0 Å². The molecule has 0 radical (unpaired) electrons. The van der Waals surface area contributed by atoms with E-state index < -0.39 is 0 Å². The number of pyridine rings is 1. The van der Waals surface area contributed by atoms with Gasteiger partial charge in [-0.3, -0.25) is 0 Å². The molecule has 0 spiro atoms. The number of anilines is 1. The highest BCUT2D eigenvalue weighted by atomic mass is 79.9. The van der Waals surface area contributed by atoms with Gasteiger partial charge < -0.3 is 5.73 Å². The molecule has 0 aliphatic heterocycles. The quantitative estimate of drug-likeness (QED) is 0.478. The highest BCUT2D eigenvalue weighted by Crippen LogP contribution is 2.14. The first kappa shape index (κ1) is 10.4. The van der Waals surface area contributed by atoms with Crippen LogP contribution in [-0.2, 0) is 0 Å². The lowest BCUT2D eigenvalue weighted by atomic mass is 10.3. The van der Waals surface area contributed by atoms with Crippen molar-refractivity contribution in [2.45, 2.75) is 6.42 Å². The summed E-state index contributed by atoms with van der Waals surface area (Å²) < 4.78 is 0. The summed E-state index contributed by atoms with van der Waals surface area (Å²) in [5.74, 6) is 5.82. The van der Waals surface area contributed by atoms with Crippen molar-refractivity contribution in [3.05, 3.63) is 23.0 Å². The Morgan fingerprint density at radius 1 is 1.54 bits per heavy atom. The molecular formula is C9H8BrClN2. The lowest BCUT2D eigenvalue weighted by molar-refractivity contribution is 1.27. The van der Waals surface area contributed by atoms with Crippen molar-refractivity contribution in [2.24, 2.45) is 0 Å². The molecule has 0 bridgehead atoms. The number of alkyl halides is 1. The first-order valence-electron chi connectivity index (χ1n) is 3.71. The summed E-state index contributed by atoms with van der Waals surface area (Å²) in [4.78, 5) is 4.00. The summed E-state index contributed by atoms with van der Waals surface area (Å²) in [6, 6.07) is 3.45. The van der Waals surface area contributed by atoms with Gasteiger partial charge in [0.1, 0.15) is 5.69 Å². The normalized spacial score (nSPS) is 9.08. The van der Waals surface area contributed by atoms with Gasteiger partial charge in [-0.15, -0.1) is 0 Å². The van der Waals surface area contributed by atoms with Gasteiger partial charge in [-0.2, -0.15) is 0 Å². The smallest absolute Gasteiger partial charge is 0.153 e. The van der Waals surface area contributed by atoms with Crippen molar-refractivity contribution in [1.29, 1.82) is 0 Å². The zero-order valence-electron chi connectivity index (χ0n) is 6.85. The van der Waals surface area contributed by atoms with Crippen LogP contribution in [0.2, 0.25) is 5.15 Å². The molecule has 0 fully saturated rings. The second kappa shape index (κ2) is 5.11. The van der Waals surface area contributed by atoms with Crippen LogP contribution >= 0.6 is 27.5 Å². The predicted octanol–water partition coefficient (Wildman–Crippen LogP) is 2.45. The Morgan fingerprint density at radius 3 is 2.92 bits per heavy atom. The average molecular weight is 260 g/mol. The standard InChI is InChI=1S/C9H8BrClN2/c10-6-2-1-3-7-4-5-8(12)9(11)13-7/h4-5H,2,6,12H2. The molecule has 13 heavy (non-hydrogen) atoms. The molecule has 2 N–H and O–H groups in total. The molecule has 0 atom stereocenters. The number of hydrogen-bond donors (Lipinski definition) is 1. The van der Waals surface area contributed by atoms with Crippen molar-refractivity contribution >= 4 is 33.2 Å². The van der Waals surface area contributed by atoms with Crippen LogP contribution in [0.15, 0.2) is 12.1 Å². The molecule has 2 nitrogen and oxygen atoms in total. The van der Waals surface area contributed by atoms with Crippen LogP contribution in [0.1, 0.15) is 12.1 Å². The Morgan fingerprint density at radius 2 is 2.31 bits per heavy atom. The van der Waals surface area contributed by atoms with Gasteiger partial charge >= 0.3 is 0 Å². The number of nitrogens with zero attached hydrogens (tertiary/aromatic N) is 1. The van der Waals surface area contributed by atoms with Gasteiger partial charge in [0, 0.05) is 11.8 Å². The van der Waals surface area contributed by atoms with Gasteiger partial charge in [0.25, 0.3) is 0 Å². The Kier molecular flexibility index (Phi) is 4.07. The third-order valence-electron chi connectivity index (χ3n) is 1.31. The minimum Gasteiger partial charge on any atom is -0.396 e. The molecule has 0 unspecified atom stereocenters. The fourth-order valence-corrected chi connectivity index (χ4v) is 1.07. The Bertz CT molecular complexity index is 354. The second-order valence-electron chi connectivity index (χ2n) is 2.32. The molecule has 4 heteroatoms. The Labute approximate surface area is 90.6 Å². The van der Waals surface area contributed by atoms with Gasteiger partial charge in [-0.25, -0.2) is 4.98 Å². The fourth-order valence-electron chi connectivity index (χ4n) is 0.715. The van der Waals surface area contributed by atoms with Crippen molar-refractivity contribution in [3.63, 3.8) is 0 Å². The van der Waals surface area contributed by atoms with E-state index in [2.05, 4.69) is 32.8 Å². The number of hydrogen-bond acceptors (Lipinski definition) is 2. The van der Waals surface area contributed by atoms with E-state index in [0.29, 0.717) is 16.5 Å². The molecule has 0 saturated heterocycles. The lowest BCUT2D eigenvalue weighted by Gasteiger charge is -1.95. The van der Waals surface area contributed by atoms with E-state index in [9.17, 15) is 0 Å². The monoisotopic (exact) mass is 258 g/mol. The van der Waals surface area contributed by atoms with E-state index in [4.69, 9.17) is 17.3 Å². The first-order valence-corrected chi connectivity index (χ1v) is 5.21. The van der Waals surface area contributed by atoms with Gasteiger partial charge in [-0.05, 0) is 18.1 Å². The maximum Gasteiger partial charge on any atom is 0.153 e. The van der Waals surface area contributed by atoms with Crippen LogP contribution in [0, 0.1) is 11.8 Å². The van der Waals surface area contributed by atoms with Gasteiger partial charge in [0.2, 0.25) is 0 Å². The molecule has 0 aliphatic rings. The summed E-state index contributed by atoms with van der Waals surface area (Å²) in [6.45, 7) is 0. The van der Waals surface area contributed by atoms with Crippen molar-refractivity contribution < 1.29 is 0 Å². The number of aromatic nitrogens is 1. The molecule has 1 heterocycles. The second-order valence-corrected chi connectivity index (χ2v) is 3.47. The zero-order chi connectivity index (χ0) is 9.68. The number of rotatable bonds is 1. The fraction of sp³-hybridized carbons (Fsp3) is 0.222. The zero-order valence-corrected chi connectivity index (χ0v) is 9.19. The van der Waals surface area contributed by atoms with Crippen LogP contribution in [-0.4, -0.2) is 10.3 Å². The highest BCUT2D eigenvalue weighted by Gasteiger charge is 1.96. The third-order valence-corrected chi connectivity index (χ3v) is 2.01. The number of nitrogens with two attached hydrogens (primary N) is 1. The summed E-state index contributed by atoms with van der Waals surface area (Å²) in [6.07, 6.45) is 0.795. The third kappa shape index (κ3) is 3.25. The van der Waals surface area contributed by atoms with Crippen molar-refractivity contribution in [3.8, 4) is 11.8 Å². The largest absolute Gasteiger partial charge is 0.396 e. The molecule has 1 rings (SSSR count). The molecule has 0 aromatic carbocycles. The van der Waals surface area contributed by atoms with Crippen molar-refractivity contribution in [1.82, 2.24) is 4.98 Å². The molecular weight excluding hydrogens is 251 g/mol. The van der Waals surface area contributed by atoms with Crippen molar-refractivity contribution in [2.75, 3.05) is 11.1 Å². The lowest BCUT2D eigenvalue weighted by Crippen LogP contribution is -1.90. The van der Waals surface area contributed by atoms with Crippen LogP contribution in [0.3, 0.4) is 0 Å². The predicted molar refractivity (Wildman–Crippen MR) is 58.9 cm³/mol. The minimum atomic E-state index is 0.311. The van der Waals surface area contributed by atoms with E-state index in [0.717, 1.165) is 11.8 Å². The molecule has 0 saturated carbocycles. The van der Waals surface area contributed by atoms with E-state index in [1.54, 1.807) is 12.1 Å². The first-order chi connectivity index (χ1) is 6.24. The molecule has 0 aliphatic carbocycles. The van der Waals surface area contributed by atoms with Gasteiger partial charge in [0.15, 0.2) is 5.15 Å². The Balaban J connectivity index is 2.81. The highest BCUT2D eigenvalue weighted by molar-refractivity contribution is 9.09. The molecule has 1 aromatic heterocycles. The maximum atomic E-state index is 5.71. The minimum absolute atomic E-state index is 0.311. The summed E-state index contributed by atoms with van der Waals surface area (Å²) in [5.41, 5.74) is 6.63. The van der Waals surface area contributed by atoms with Gasteiger partial charge in [0.05, 0.1) is 5.69 Å². The van der Waals surface area contributed by atoms with Crippen LogP contribution < -0.4 is 5.73 Å².